The Balaban J connectivity index is 2.21. The van der Waals surface area contributed by atoms with Crippen molar-refractivity contribution >= 4 is 12.0 Å². The number of aliphatic carboxylic acids is 1. The lowest BCUT2D eigenvalue weighted by molar-refractivity contribution is -0.137. The van der Waals surface area contributed by atoms with Gasteiger partial charge in [0.05, 0.1) is 6.04 Å². The Morgan fingerprint density at radius 3 is 2.76 bits per heavy atom. The lowest BCUT2D eigenvalue weighted by atomic mass is 9.97. The van der Waals surface area contributed by atoms with Crippen LogP contribution >= 0.6 is 0 Å². The van der Waals surface area contributed by atoms with Gasteiger partial charge in [-0.3, -0.25) is 9.89 Å². The third-order valence-corrected chi connectivity index (χ3v) is 3.37. The SMILES string of the molecule is CCC(CCNC(=O)NC(C)c1ncn[nH]1)CCC(=O)O. The average Bonchev–Trinajstić information content (AvgIpc) is 2.96. The minimum absolute atomic E-state index is 0.174. The largest absolute Gasteiger partial charge is 0.481 e. The summed E-state index contributed by atoms with van der Waals surface area (Å²) in [6.45, 7) is 4.35. The summed E-state index contributed by atoms with van der Waals surface area (Å²) in [7, 11) is 0. The van der Waals surface area contributed by atoms with Gasteiger partial charge in [-0.25, -0.2) is 9.78 Å². The van der Waals surface area contributed by atoms with E-state index in [4.69, 9.17) is 5.11 Å². The molecule has 4 N–H and O–H groups in total. The molecular formula is C13H23N5O3. The number of carbonyl (C=O) groups excluding carboxylic acids is 1. The Morgan fingerprint density at radius 1 is 1.43 bits per heavy atom. The van der Waals surface area contributed by atoms with Gasteiger partial charge >= 0.3 is 12.0 Å². The summed E-state index contributed by atoms with van der Waals surface area (Å²) >= 11 is 0. The van der Waals surface area contributed by atoms with Crippen LogP contribution in [0.25, 0.3) is 0 Å². The number of rotatable bonds is 9. The summed E-state index contributed by atoms with van der Waals surface area (Å²) in [5.41, 5.74) is 0. The topological polar surface area (TPSA) is 120 Å². The molecule has 2 amide bonds. The molecule has 2 unspecified atom stereocenters. The van der Waals surface area contributed by atoms with Crippen molar-refractivity contribution in [3.8, 4) is 0 Å². The normalized spacial score (nSPS) is 13.4. The predicted molar refractivity (Wildman–Crippen MR) is 76.6 cm³/mol. The van der Waals surface area contributed by atoms with Crippen LogP contribution in [0.15, 0.2) is 6.33 Å². The maximum atomic E-state index is 11.7. The van der Waals surface area contributed by atoms with E-state index in [1.165, 1.54) is 6.33 Å². The summed E-state index contributed by atoms with van der Waals surface area (Å²) in [6, 6.07) is -0.520. The molecule has 0 fully saturated rings. The number of urea groups is 1. The van der Waals surface area contributed by atoms with Crippen molar-refractivity contribution in [1.29, 1.82) is 0 Å². The minimum atomic E-state index is -0.778. The van der Waals surface area contributed by atoms with Gasteiger partial charge in [-0.1, -0.05) is 13.3 Å². The number of carbonyl (C=O) groups is 2. The van der Waals surface area contributed by atoms with E-state index in [1.807, 2.05) is 13.8 Å². The molecule has 0 aliphatic carbocycles. The number of carboxylic acids is 1. The lowest BCUT2D eigenvalue weighted by Gasteiger charge is -2.15. The Morgan fingerprint density at radius 2 is 2.19 bits per heavy atom. The zero-order valence-corrected chi connectivity index (χ0v) is 12.4. The highest BCUT2D eigenvalue weighted by molar-refractivity contribution is 5.74. The van der Waals surface area contributed by atoms with Gasteiger partial charge in [0, 0.05) is 13.0 Å². The first-order valence-electron chi connectivity index (χ1n) is 7.14. The lowest BCUT2D eigenvalue weighted by Crippen LogP contribution is -2.38. The van der Waals surface area contributed by atoms with Gasteiger partial charge in [0.2, 0.25) is 0 Å². The van der Waals surface area contributed by atoms with Gasteiger partial charge in [-0.2, -0.15) is 5.10 Å². The highest BCUT2D eigenvalue weighted by Gasteiger charge is 2.13. The van der Waals surface area contributed by atoms with Crippen molar-refractivity contribution in [3.63, 3.8) is 0 Å². The van der Waals surface area contributed by atoms with Gasteiger partial charge in [0.1, 0.15) is 12.2 Å². The fraction of sp³-hybridized carbons (Fsp3) is 0.692. The molecule has 0 aliphatic rings. The number of carboxylic acid groups (broad SMARTS) is 1. The van der Waals surface area contributed by atoms with Crippen molar-refractivity contribution < 1.29 is 14.7 Å². The van der Waals surface area contributed by atoms with Gasteiger partial charge in [-0.15, -0.1) is 0 Å². The standard InChI is InChI=1S/C13H23N5O3/c1-3-10(4-5-11(19)20)6-7-14-13(21)17-9(2)12-15-8-16-18-12/h8-10H,3-7H2,1-2H3,(H,19,20)(H2,14,17,21)(H,15,16,18). The maximum Gasteiger partial charge on any atom is 0.315 e. The van der Waals surface area contributed by atoms with Crippen LogP contribution in [0.1, 0.15) is 51.4 Å². The molecule has 0 saturated heterocycles. The second-order valence-electron chi connectivity index (χ2n) is 4.99. The van der Waals surface area contributed by atoms with Crippen LogP contribution in [-0.2, 0) is 4.79 Å². The molecule has 1 heterocycles. The molecule has 2 atom stereocenters. The summed E-state index contributed by atoms with van der Waals surface area (Å²) in [5, 5.41) is 20.6. The molecule has 0 radical (unpaired) electrons. The zero-order valence-electron chi connectivity index (χ0n) is 12.4. The second kappa shape index (κ2) is 8.93. The van der Waals surface area contributed by atoms with Crippen molar-refractivity contribution in [2.24, 2.45) is 5.92 Å². The third kappa shape index (κ3) is 6.73. The van der Waals surface area contributed by atoms with Gasteiger partial charge < -0.3 is 15.7 Å². The van der Waals surface area contributed by atoms with Crippen LogP contribution < -0.4 is 10.6 Å². The summed E-state index contributed by atoms with van der Waals surface area (Å²) < 4.78 is 0. The molecule has 0 aromatic carbocycles. The molecule has 0 saturated carbocycles. The van der Waals surface area contributed by atoms with Crippen LogP contribution in [0, 0.1) is 5.92 Å². The zero-order chi connectivity index (χ0) is 15.7. The molecule has 21 heavy (non-hydrogen) atoms. The first kappa shape index (κ1) is 16.9. The van der Waals surface area contributed by atoms with Gasteiger partial charge in [0.25, 0.3) is 0 Å². The number of amides is 2. The first-order valence-corrected chi connectivity index (χ1v) is 7.14. The van der Waals surface area contributed by atoms with E-state index in [-0.39, 0.29) is 18.5 Å². The smallest absolute Gasteiger partial charge is 0.315 e. The molecule has 0 spiro atoms. The van der Waals surface area contributed by atoms with Crippen molar-refractivity contribution in [2.75, 3.05) is 6.54 Å². The van der Waals surface area contributed by atoms with Crippen LogP contribution in [0.3, 0.4) is 0 Å². The maximum absolute atomic E-state index is 11.7. The summed E-state index contributed by atoms with van der Waals surface area (Å²) in [4.78, 5) is 26.2. The molecule has 118 valence electrons. The van der Waals surface area contributed by atoms with Crippen LogP contribution in [0.5, 0.6) is 0 Å². The Labute approximate surface area is 123 Å². The number of aromatic amines is 1. The summed E-state index contributed by atoms with van der Waals surface area (Å²) in [6.07, 6.45) is 3.88. The fourth-order valence-electron chi connectivity index (χ4n) is 2.01. The van der Waals surface area contributed by atoms with E-state index in [0.29, 0.717) is 24.7 Å². The molecule has 0 bridgehead atoms. The highest BCUT2D eigenvalue weighted by Crippen LogP contribution is 2.14. The highest BCUT2D eigenvalue weighted by atomic mass is 16.4. The molecule has 1 aromatic rings. The van der Waals surface area contributed by atoms with Crippen molar-refractivity contribution in [2.45, 2.75) is 45.6 Å². The third-order valence-electron chi connectivity index (χ3n) is 3.37. The monoisotopic (exact) mass is 297 g/mol. The van der Waals surface area contributed by atoms with Crippen LogP contribution in [0.2, 0.25) is 0 Å². The van der Waals surface area contributed by atoms with E-state index in [0.717, 1.165) is 12.8 Å². The van der Waals surface area contributed by atoms with E-state index in [1.54, 1.807) is 0 Å². The van der Waals surface area contributed by atoms with Crippen molar-refractivity contribution in [3.05, 3.63) is 12.2 Å². The number of H-pyrrole nitrogens is 1. The average molecular weight is 297 g/mol. The molecule has 0 aliphatic heterocycles. The van der Waals surface area contributed by atoms with E-state index in [2.05, 4.69) is 25.8 Å². The van der Waals surface area contributed by atoms with Gasteiger partial charge in [0.15, 0.2) is 0 Å². The van der Waals surface area contributed by atoms with Gasteiger partial charge in [-0.05, 0) is 25.7 Å². The molecular weight excluding hydrogens is 274 g/mol. The van der Waals surface area contributed by atoms with E-state index >= 15 is 0 Å². The number of hydrogen-bond donors (Lipinski definition) is 4. The molecule has 8 nitrogen and oxygen atoms in total. The Bertz CT molecular complexity index is 435. The number of hydrogen-bond acceptors (Lipinski definition) is 4. The quantitative estimate of drug-likeness (QED) is 0.550. The van der Waals surface area contributed by atoms with Crippen molar-refractivity contribution in [1.82, 2.24) is 25.8 Å². The predicted octanol–water partition coefficient (Wildman–Crippen LogP) is 1.45. The second-order valence-corrected chi connectivity index (χ2v) is 4.99. The van der Waals surface area contributed by atoms with E-state index < -0.39 is 5.97 Å². The summed E-state index contributed by atoms with van der Waals surface area (Å²) in [5.74, 6) is 0.131. The number of nitrogens with one attached hydrogen (secondary N) is 3. The van der Waals surface area contributed by atoms with Crippen LogP contribution in [0.4, 0.5) is 4.79 Å². The first-order chi connectivity index (χ1) is 10.0. The van der Waals surface area contributed by atoms with E-state index in [9.17, 15) is 9.59 Å². The molecule has 1 aromatic heterocycles. The Hall–Kier alpha value is -2.12. The number of nitrogens with zero attached hydrogens (tertiary/aromatic N) is 2. The molecule has 1 rings (SSSR count). The molecule has 8 heteroatoms. The number of aromatic nitrogens is 3. The fourth-order valence-corrected chi connectivity index (χ4v) is 2.01. The Kier molecular flexibility index (Phi) is 7.20. The van der Waals surface area contributed by atoms with Crippen LogP contribution in [-0.4, -0.2) is 38.8 Å². The minimum Gasteiger partial charge on any atom is -0.481 e.